The second-order valence-corrected chi connectivity index (χ2v) is 8.25. The molecule has 0 radical (unpaired) electrons. The molecule has 2 atom stereocenters. The zero-order valence-corrected chi connectivity index (χ0v) is 18.9. The van der Waals surface area contributed by atoms with E-state index < -0.39 is 63.9 Å². The van der Waals surface area contributed by atoms with Crippen molar-refractivity contribution in [1.29, 1.82) is 0 Å². The van der Waals surface area contributed by atoms with Gasteiger partial charge in [0, 0.05) is 18.7 Å². The number of hydrogen-bond donors (Lipinski definition) is 0. The fourth-order valence-corrected chi connectivity index (χ4v) is 3.53. The van der Waals surface area contributed by atoms with Crippen LogP contribution in [0.25, 0.3) is 11.4 Å². The van der Waals surface area contributed by atoms with Crippen molar-refractivity contribution < 1.29 is 39.9 Å². The Morgan fingerprint density at radius 1 is 0.969 bits per heavy atom. The number of amides is 1. The number of benzene rings is 1. The van der Waals surface area contributed by atoms with Crippen molar-refractivity contribution >= 4 is 37.8 Å². The third-order valence-electron chi connectivity index (χ3n) is 4.11. The van der Waals surface area contributed by atoms with Gasteiger partial charge in [-0.3, -0.25) is 4.79 Å². The average molecular weight is 602 g/mol. The Hall–Kier alpha value is -1.77. The van der Waals surface area contributed by atoms with E-state index in [-0.39, 0.29) is 19.2 Å². The standard InChI is InChI=1S/C17H14Br2F8N4O/c18-12(15(32)30(3-1-20)4-2-21)13(19)31-8-28-14(29-31)9-5-10(16(22,23)24)7-11(6-9)17(25,26)27/h5-8,12-13H,1-4H2. The van der Waals surface area contributed by atoms with Gasteiger partial charge >= 0.3 is 12.4 Å². The van der Waals surface area contributed by atoms with E-state index in [2.05, 4.69) is 41.9 Å². The molecular formula is C17H14Br2F8N4O. The summed E-state index contributed by atoms with van der Waals surface area (Å²) in [6, 6.07) is 0.920. The smallest absolute Gasteiger partial charge is 0.336 e. The lowest BCUT2D eigenvalue weighted by Gasteiger charge is -2.25. The Morgan fingerprint density at radius 2 is 1.47 bits per heavy atom. The largest absolute Gasteiger partial charge is 0.416 e. The highest BCUT2D eigenvalue weighted by molar-refractivity contribution is 9.12. The summed E-state index contributed by atoms with van der Waals surface area (Å²) in [6.07, 6.45) is -9.10. The molecule has 0 spiro atoms. The van der Waals surface area contributed by atoms with E-state index in [0.717, 1.165) is 15.9 Å². The maximum atomic E-state index is 13.1. The predicted octanol–water partition coefficient (Wildman–Crippen LogP) is 5.41. The molecule has 1 aromatic heterocycles. The Bertz CT molecular complexity index is 896. The van der Waals surface area contributed by atoms with E-state index in [0.29, 0.717) is 12.1 Å². The van der Waals surface area contributed by atoms with Crippen LogP contribution in [-0.2, 0) is 17.1 Å². The van der Waals surface area contributed by atoms with Gasteiger partial charge in [0.05, 0.1) is 11.1 Å². The SMILES string of the molecule is O=C(C(Br)C(Br)n1cnc(-c2cc(C(F)(F)F)cc(C(F)(F)F)c2)n1)N(CCF)CCF. The zero-order chi connectivity index (χ0) is 24.3. The van der Waals surface area contributed by atoms with E-state index in [1.54, 1.807) is 0 Å². The van der Waals surface area contributed by atoms with Crippen LogP contribution in [0.1, 0.15) is 16.1 Å². The van der Waals surface area contributed by atoms with Crippen LogP contribution in [-0.4, -0.2) is 56.8 Å². The number of alkyl halides is 10. The first-order chi connectivity index (χ1) is 14.8. The van der Waals surface area contributed by atoms with Gasteiger partial charge in [-0.2, -0.15) is 26.3 Å². The molecule has 0 N–H and O–H groups in total. The minimum absolute atomic E-state index is 0.0225. The molecule has 2 unspecified atom stereocenters. The van der Waals surface area contributed by atoms with E-state index in [9.17, 15) is 39.9 Å². The third kappa shape index (κ3) is 6.39. The maximum Gasteiger partial charge on any atom is 0.416 e. The molecule has 0 aliphatic heterocycles. The molecule has 32 heavy (non-hydrogen) atoms. The van der Waals surface area contributed by atoms with Crippen molar-refractivity contribution in [3.05, 3.63) is 35.7 Å². The molecule has 1 heterocycles. The maximum absolute atomic E-state index is 13.1. The van der Waals surface area contributed by atoms with E-state index >= 15 is 0 Å². The lowest BCUT2D eigenvalue weighted by atomic mass is 10.0. The molecule has 0 fully saturated rings. The first kappa shape index (κ1) is 26.5. The fraction of sp³-hybridized carbons (Fsp3) is 0.471. The van der Waals surface area contributed by atoms with Crippen LogP contribution in [0.15, 0.2) is 24.5 Å². The van der Waals surface area contributed by atoms with E-state index in [4.69, 9.17) is 0 Å². The molecule has 5 nitrogen and oxygen atoms in total. The van der Waals surface area contributed by atoms with Crippen molar-refractivity contribution in [1.82, 2.24) is 19.7 Å². The molecule has 178 valence electrons. The van der Waals surface area contributed by atoms with Crippen LogP contribution < -0.4 is 0 Å². The predicted molar refractivity (Wildman–Crippen MR) is 105 cm³/mol. The highest BCUT2D eigenvalue weighted by atomic mass is 79.9. The van der Waals surface area contributed by atoms with Crippen LogP contribution >= 0.6 is 31.9 Å². The summed E-state index contributed by atoms with van der Waals surface area (Å²) >= 11 is 6.18. The molecule has 1 amide bonds. The molecule has 2 aromatic rings. The number of carbonyl (C=O) groups is 1. The van der Waals surface area contributed by atoms with Gasteiger partial charge in [0.2, 0.25) is 5.91 Å². The number of halogens is 10. The molecule has 1 aromatic carbocycles. The van der Waals surface area contributed by atoms with Gasteiger partial charge in [0.15, 0.2) is 5.82 Å². The lowest BCUT2D eigenvalue weighted by molar-refractivity contribution is -0.143. The van der Waals surface area contributed by atoms with Gasteiger partial charge < -0.3 is 4.90 Å². The quantitative estimate of drug-likeness (QED) is 0.300. The number of aromatic nitrogens is 3. The summed E-state index contributed by atoms with van der Waals surface area (Å²) in [5, 5.41) is 3.86. The Balaban J connectivity index is 2.36. The molecule has 0 aliphatic rings. The van der Waals surface area contributed by atoms with Gasteiger partial charge in [0.25, 0.3) is 0 Å². The lowest BCUT2D eigenvalue weighted by Crippen LogP contribution is -2.41. The first-order valence-corrected chi connectivity index (χ1v) is 10.5. The number of carbonyl (C=O) groups excluding carboxylic acids is 1. The molecular weight excluding hydrogens is 588 g/mol. The highest BCUT2D eigenvalue weighted by Crippen LogP contribution is 2.38. The third-order valence-corrected chi connectivity index (χ3v) is 6.66. The summed E-state index contributed by atoms with van der Waals surface area (Å²) in [4.78, 5) is 14.9. The van der Waals surface area contributed by atoms with Crippen molar-refractivity contribution in [2.75, 3.05) is 26.4 Å². The Morgan fingerprint density at radius 3 is 1.91 bits per heavy atom. The minimum atomic E-state index is -5.04. The number of nitrogens with zero attached hydrogens (tertiary/aromatic N) is 4. The van der Waals surface area contributed by atoms with Gasteiger partial charge in [0.1, 0.15) is 29.5 Å². The first-order valence-electron chi connectivity index (χ1n) is 8.69. The summed E-state index contributed by atoms with van der Waals surface area (Å²) in [7, 11) is 0. The topological polar surface area (TPSA) is 51.0 Å². The van der Waals surface area contributed by atoms with Crippen LogP contribution in [0.5, 0.6) is 0 Å². The highest BCUT2D eigenvalue weighted by Gasteiger charge is 2.37. The Labute approximate surface area is 193 Å². The summed E-state index contributed by atoms with van der Waals surface area (Å²) in [6.45, 7) is -2.55. The minimum Gasteiger partial charge on any atom is -0.336 e. The second kappa shape index (κ2) is 10.4. The molecule has 0 saturated heterocycles. The number of hydrogen-bond acceptors (Lipinski definition) is 3. The van der Waals surface area contributed by atoms with Gasteiger partial charge in [-0.1, -0.05) is 31.9 Å². The summed E-state index contributed by atoms with van der Waals surface area (Å²) in [5.74, 6) is -1.17. The summed E-state index contributed by atoms with van der Waals surface area (Å²) < 4.78 is 105. The van der Waals surface area contributed by atoms with Gasteiger partial charge in [-0.25, -0.2) is 18.4 Å². The normalized spacial score (nSPS) is 14.3. The van der Waals surface area contributed by atoms with Crippen LogP contribution in [0.3, 0.4) is 0 Å². The van der Waals surface area contributed by atoms with E-state index in [1.165, 1.54) is 0 Å². The van der Waals surface area contributed by atoms with Gasteiger partial charge in [-0.05, 0) is 18.2 Å². The number of rotatable bonds is 8. The van der Waals surface area contributed by atoms with Crippen molar-refractivity contribution in [2.24, 2.45) is 0 Å². The monoisotopic (exact) mass is 600 g/mol. The molecule has 0 aliphatic carbocycles. The van der Waals surface area contributed by atoms with Crippen molar-refractivity contribution in [2.45, 2.75) is 22.1 Å². The molecule has 0 bridgehead atoms. The summed E-state index contributed by atoms with van der Waals surface area (Å²) in [5.41, 5.74) is -3.61. The van der Waals surface area contributed by atoms with Crippen LogP contribution in [0.2, 0.25) is 0 Å². The molecule has 2 rings (SSSR count). The van der Waals surface area contributed by atoms with Crippen LogP contribution in [0, 0.1) is 0 Å². The zero-order valence-electron chi connectivity index (χ0n) is 15.8. The molecule has 0 saturated carbocycles. The van der Waals surface area contributed by atoms with Gasteiger partial charge in [-0.15, -0.1) is 5.10 Å². The van der Waals surface area contributed by atoms with Crippen molar-refractivity contribution in [3.8, 4) is 11.4 Å². The molecule has 15 heteroatoms. The average Bonchev–Trinajstić information content (AvgIpc) is 3.20. The van der Waals surface area contributed by atoms with Crippen molar-refractivity contribution in [3.63, 3.8) is 0 Å². The van der Waals surface area contributed by atoms with Crippen LogP contribution in [0.4, 0.5) is 35.1 Å². The van der Waals surface area contributed by atoms with E-state index in [1.807, 2.05) is 0 Å². The fourth-order valence-electron chi connectivity index (χ4n) is 2.57. The second-order valence-electron chi connectivity index (χ2n) is 6.32. The Kier molecular flexibility index (Phi) is 8.64.